The maximum absolute atomic E-state index is 2.43. The molecular weight excluding hydrogens is 565 g/mol. The molecule has 7 aromatic carbocycles. The van der Waals surface area contributed by atoms with E-state index in [-0.39, 0.29) is 0 Å². The van der Waals surface area contributed by atoms with E-state index in [4.69, 9.17) is 0 Å². The van der Waals surface area contributed by atoms with E-state index < -0.39 is 0 Å². The summed E-state index contributed by atoms with van der Waals surface area (Å²) in [5.41, 5.74) is 9.39. The van der Waals surface area contributed by atoms with Crippen LogP contribution in [-0.4, -0.2) is 4.57 Å². The van der Waals surface area contributed by atoms with Gasteiger partial charge < -0.3 is 9.47 Å². The number of benzene rings is 7. The number of thiophene rings is 1. The summed E-state index contributed by atoms with van der Waals surface area (Å²) >= 11 is 1.87. The van der Waals surface area contributed by atoms with E-state index in [9.17, 15) is 0 Å². The van der Waals surface area contributed by atoms with Crippen LogP contribution in [0, 0.1) is 0 Å². The smallest absolute Gasteiger partial charge is 0.0661 e. The molecule has 2 heterocycles. The Morgan fingerprint density at radius 1 is 0.422 bits per heavy atom. The van der Waals surface area contributed by atoms with Crippen LogP contribution in [0.1, 0.15) is 0 Å². The van der Waals surface area contributed by atoms with Gasteiger partial charge in [0, 0.05) is 43.3 Å². The van der Waals surface area contributed by atoms with Gasteiger partial charge in [0.2, 0.25) is 0 Å². The summed E-state index contributed by atoms with van der Waals surface area (Å²) in [6, 6.07) is 61.4. The van der Waals surface area contributed by atoms with Crippen LogP contribution >= 0.6 is 11.3 Å². The van der Waals surface area contributed by atoms with Crippen LogP contribution in [0.25, 0.3) is 58.8 Å². The molecule has 0 radical (unpaired) electrons. The topological polar surface area (TPSA) is 8.17 Å². The van der Waals surface area contributed by atoms with Crippen LogP contribution < -0.4 is 4.90 Å². The molecule has 3 heteroatoms. The van der Waals surface area contributed by atoms with Crippen molar-refractivity contribution in [3.05, 3.63) is 170 Å². The Morgan fingerprint density at radius 2 is 1.00 bits per heavy atom. The van der Waals surface area contributed by atoms with Crippen LogP contribution in [0.3, 0.4) is 0 Å². The number of hydrogen-bond acceptors (Lipinski definition) is 2. The van der Waals surface area contributed by atoms with Crippen molar-refractivity contribution in [1.82, 2.24) is 4.57 Å². The second kappa shape index (κ2) is 10.5. The SMILES string of the molecule is c1ccc(-c2cccc(N(c3ccccc3)c3cc(-n4c5ccccc5c5ccccc54)cc4c3sc3ccccc34)c2)cc1. The van der Waals surface area contributed by atoms with Gasteiger partial charge in [0.15, 0.2) is 0 Å². The number of rotatable bonds is 5. The molecule has 2 aromatic heterocycles. The van der Waals surface area contributed by atoms with Crippen molar-refractivity contribution in [2.75, 3.05) is 4.90 Å². The molecule has 0 fully saturated rings. The Labute approximate surface area is 265 Å². The third-order valence-electron chi connectivity index (χ3n) is 8.75. The normalized spacial score (nSPS) is 11.6. The summed E-state index contributed by atoms with van der Waals surface area (Å²) in [5, 5.41) is 5.08. The summed E-state index contributed by atoms with van der Waals surface area (Å²) in [7, 11) is 0. The van der Waals surface area contributed by atoms with Crippen molar-refractivity contribution in [3.63, 3.8) is 0 Å². The number of fused-ring (bicyclic) bond motifs is 6. The summed E-state index contributed by atoms with van der Waals surface area (Å²) in [4.78, 5) is 2.43. The average molecular weight is 593 g/mol. The minimum Gasteiger partial charge on any atom is -0.309 e. The highest BCUT2D eigenvalue weighted by atomic mass is 32.1. The maximum atomic E-state index is 2.43. The molecule has 212 valence electrons. The van der Waals surface area contributed by atoms with Gasteiger partial charge in [-0.15, -0.1) is 11.3 Å². The van der Waals surface area contributed by atoms with E-state index in [1.165, 1.54) is 58.8 Å². The molecule has 0 aliphatic carbocycles. The van der Waals surface area contributed by atoms with Crippen molar-refractivity contribution in [2.45, 2.75) is 0 Å². The first-order valence-electron chi connectivity index (χ1n) is 15.3. The van der Waals surface area contributed by atoms with Gasteiger partial charge in [-0.2, -0.15) is 0 Å². The highest BCUT2D eigenvalue weighted by molar-refractivity contribution is 7.26. The first-order valence-corrected chi connectivity index (χ1v) is 16.1. The lowest BCUT2D eigenvalue weighted by atomic mass is 10.0. The third kappa shape index (κ3) is 4.24. The van der Waals surface area contributed by atoms with Gasteiger partial charge in [0.05, 0.1) is 21.4 Å². The zero-order chi connectivity index (χ0) is 29.7. The summed E-state index contributed by atoms with van der Waals surface area (Å²) in [5.74, 6) is 0. The molecule has 0 N–H and O–H groups in total. The van der Waals surface area contributed by atoms with Crippen molar-refractivity contribution in [2.24, 2.45) is 0 Å². The lowest BCUT2D eigenvalue weighted by molar-refractivity contribution is 1.18. The Kier molecular flexibility index (Phi) is 6.03. The standard InChI is InChI=1S/C42H28N2S/c1-3-14-29(15-4-1)30-16-13-19-32(26-30)43(31-17-5-2-6-18-31)40-28-33(27-37-36-22-9-12-25-41(36)45-42(37)40)44-38-23-10-7-20-34(38)35-21-8-11-24-39(35)44/h1-28H. The van der Waals surface area contributed by atoms with Crippen molar-refractivity contribution in [1.29, 1.82) is 0 Å². The number of hydrogen-bond donors (Lipinski definition) is 0. The number of nitrogens with zero attached hydrogens (tertiary/aromatic N) is 2. The summed E-state index contributed by atoms with van der Waals surface area (Å²) < 4.78 is 5.00. The Balaban J connectivity index is 1.38. The van der Waals surface area contributed by atoms with E-state index >= 15 is 0 Å². The fourth-order valence-corrected chi connectivity index (χ4v) is 7.94. The van der Waals surface area contributed by atoms with Gasteiger partial charge in [-0.05, 0) is 65.7 Å². The van der Waals surface area contributed by atoms with E-state index in [0.717, 1.165) is 17.1 Å². The Morgan fingerprint density at radius 3 is 1.73 bits per heavy atom. The second-order valence-electron chi connectivity index (χ2n) is 11.4. The molecule has 0 spiro atoms. The monoisotopic (exact) mass is 592 g/mol. The Hall–Kier alpha value is -5.64. The van der Waals surface area contributed by atoms with Gasteiger partial charge >= 0.3 is 0 Å². The van der Waals surface area contributed by atoms with Gasteiger partial charge in [0.25, 0.3) is 0 Å². The zero-order valence-corrected chi connectivity index (χ0v) is 25.3. The summed E-state index contributed by atoms with van der Waals surface area (Å²) in [6.07, 6.45) is 0. The van der Waals surface area contributed by atoms with Crippen LogP contribution in [0.15, 0.2) is 170 Å². The zero-order valence-electron chi connectivity index (χ0n) is 24.5. The fraction of sp³-hybridized carbons (Fsp3) is 0. The molecule has 9 rings (SSSR count). The molecule has 2 nitrogen and oxygen atoms in total. The molecule has 0 aliphatic rings. The van der Waals surface area contributed by atoms with E-state index in [2.05, 4.69) is 179 Å². The van der Waals surface area contributed by atoms with Crippen molar-refractivity contribution >= 4 is 70.4 Å². The molecule has 0 atom stereocenters. The fourth-order valence-electron chi connectivity index (χ4n) is 6.75. The lowest BCUT2D eigenvalue weighted by Gasteiger charge is -2.27. The van der Waals surface area contributed by atoms with E-state index in [1.807, 2.05) is 11.3 Å². The molecule has 0 unspecified atom stereocenters. The molecular formula is C42H28N2S. The predicted molar refractivity (Wildman–Crippen MR) is 194 cm³/mol. The first-order chi connectivity index (χ1) is 22.3. The van der Waals surface area contributed by atoms with Crippen LogP contribution in [0.5, 0.6) is 0 Å². The molecule has 0 saturated heterocycles. The Bertz CT molecular complexity index is 2440. The maximum Gasteiger partial charge on any atom is 0.0661 e. The van der Waals surface area contributed by atoms with Gasteiger partial charge in [-0.1, -0.05) is 115 Å². The first kappa shape index (κ1) is 25.8. The van der Waals surface area contributed by atoms with Gasteiger partial charge in [-0.25, -0.2) is 0 Å². The highest BCUT2D eigenvalue weighted by Crippen LogP contribution is 2.47. The molecule has 0 amide bonds. The van der Waals surface area contributed by atoms with Gasteiger partial charge in [0.1, 0.15) is 0 Å². The molecule has 0 aliphatic heterocycles. The average Bonchev–Trinajstić information content (AvgIpc) is 3.65. The van der Waals surface area contributed by atoms with E-state index in [1.54, 1.807) is 0 Å². The molecule has 0 saturated carbocycles. The van der Waals surface area contributed by atoms with Crippen molar-refractivity contribution < 1.29 is 0 Å². The third-order valence-corrected chi connectivity index (χ3v) is 9.96. The van der Waals surface area contributed by atoms with E-state index in [0.29, 0.717) is 0 Å². The minimum absolute atomic E-state index is 1.13. The lowest BCUT2D eigenvalue weighted by Crippen LogP contribution is -2.11. The van der Waals surface area contributed by atoms with Gasteiger partial charge in [-0.3, -0.25) is 0 Å². The molecule has 45 heavy (non-hydrogen) atoms. The van der Waals surface area contributed by atoms with Crippen LogP contribution in [0.4, 0.5) is 17.1 Å². The quantitative estimate of drug-likeness (QED) is 0.193. The molecule has 9 aromatic rings. The minimum atomic E-state index is 1.13. The second-order valence-corrected chi connectivity index (χ2v) is 12.4. The highest BCUT2D eigenvalue weighted by Gasteiger charge is 2.21. The summed E-state index contributed by atoms with van der Waals surface area (Å²) in [6.45, 7) is 0. The predicted octanol–water partition coefficient (Wildman–Crippen LogP) is 12.3. The van der Waals surface area contributed by atoms with Crippen LogP contribution in [0.2, 0.25) is 0 Å². The number of aromatic nitrogens is 1. The van der Waals surface area contributed by atoms with Crippen molar-refractivity contribution in [3.8, 4) is 16.8 Å². The molecule has 0 bridgehead atoms. The largest absolute Gasteiger partial charge is 0.309 e. The number of anilines is 3. The number of para-hydroxylation sites is 3. The van der Waals surface area contributed by atoms with Crippen LogP contribution in [-0.2, 0) is 0 Å².